The van der Waals surface area contributed by atoms with E-state index < -0.39 is 12.1 Å². The maximum atomic E-state index is 12.7. The summed E-state index contributed by atoms with van der Waals surface area (Å²) >= 11 is 0. The largest absolute Gasteiger partial charge is 0.391 e. The number of halogens is 4. The van der Waals surface area contributed by atoms with Crippen molar-refractivity contribution in [2.24, 2.45) is 5.92 Å². The van der Waals surface area contributed by atoms with Gasteiger partial charge in [0.2, 0.25) is 0 Å². The first-order valence-electron chi connectivity index (χ1n) is 8.43. The van der Waals surface area contributed by atoms with E-state index in [1.54, 1.807) is 10.9 Å². The quantitative estimate of drug-likeness (QED) is 0.843. The highest BCUT2D eigenvalue weighted by molar-refractivity contribution is 5.92. The molecule has 25 heavy (non-hydrogen) atoms. The van der Waals surface area contributed by atoms with Gasteiger partial charge in [0.05, 0.1) is 18.2 Å². The minimum atomic E-state index is -4.13. The summed E-state index contributed by atoms with van der Waals surface area (Å²) in [6, 6.07) is 0.0163. The molecule has 0 unspecified atom stereocenters. The molecular weight excluding hydrogens is 359 g/mol. The molecular formula is C15H23ClF3N5O. The molecule has 3 rings (SSSR count). The van der Waals surface area contributed by atoms with E-state index in [0.717, 1.165) is 25.9 Å². The zero-order chi connectivity index (χ0) is 17.2. The lowest BCUT2D eigenvalue weighted by Gasteiger charge is -2.30. The number of nitrogens with zero attached hydrogens (tertiary/aromatic N) is 3. The molecule has 0 radical (unpaired) electrons. The molecule has 0 aromatic carbocycles. The van der Waals surface area contributed by atoms with Gasteiger partial charge in [-0.25, -0.2) is 4.68 Å². The number of alkyl halides is 3. The third-order valence-electron chi connectivity index (χ3n) is 4.95. The van der Waals surface area contributed by atoms with Crippen LogP contribution in [0.2, 0.25) is 0 Å². The molecule has 142 valence electrons. The maximum absolute atomic E-state index is 12.7. The first kappa shape index (κ1) is 20.0. The summed E-state index contributed by atoms with van der Waals surface area (Å²) in [6.07, 6.45) is 0.195. The van der Waals surface area contributed by atoms with Crippen LogP contribution >= 0.6 is 12.4 Å². The highest BCUT2D eigenvalue weighted by atomic mass is 35.5. The molecule has 0 spiro atoms. The van der Waals surface area contributed by atoms with Crippen LogP contribution in [0.3, 0.4) is 0 Å². The Labute approximate surface area is 150 Å². The van der Waals surface area contributed by atoms with Gasteiger partial charge in [-0.3, -0.25) is 4.79 Å². The Balaban J connectivity index is 0.00000225. The number of aromatic nitrogens is 3. The van der Waals surface area contributed by atoms with Gasteiger partial charge in [-0.2, -0.15) is 13.2 Å². The molecule has 0 atom stereocenters. The highest BCUT2D eigenvalue weighted by Gasteiger charge is 2.41. The van der Waals surface area contributed by atoms with Gasteiger partial charge in [-0.05, 0) is 51.6 Å². The zero-order valence-corrected chi connectivity index (χ0v) is 14.6. The number of rotatable bonds is 3. The molecule has 1 aromatic rings. The van der Waals surface area contributed by atoms with Crippen LogP contribution < -0.4 is 10.6 Å². The van der Waals surface area contributed by atoms with Gasteiger partial charge < -0.3 is 10.6 Å². The predicted octanol–water partition coefficient (Wildman–Crippen LogP) is 2.48. The number of carbonyl (C=O) groups excluding carboxylic acids is 1. The van der Waals surface area contributed by atoms with Crippen LogP contribution in [0.25, 0.3) is 0 Å². The third kappa shape index (κ3) is 5.07. The average Bonchev–Trinajstić information content (AvgIpc) is 3.05. The van der Waals surface area contributed by atoms with Gasteiger partial charge in [0, 0.05) is 6.04 Å². The average molecular weight is 382 g/mol. The van der Waals surface area contributed by atoms with Crippen LogP contribution in [0.15, 0.2) is 6.20 Å². The van der Waals surface area contributed by atoms with Gasteiger partial charge in [-0.15, -0.1) is 17.5 Å². The number of nitrogens with one attached hydrogen (secondary N) is 2. The zero-order valence-electron chi connectivity index (χ0n) is 13.8. The molecule has 1 amide bonds. The molecule has 2 heterocycles. The molecule has 1 saturated carbocycles. The molecule has 1 aromatic heterocycles. The Hall–Kier alpha value is -1.35. The summed E-state index contributed by atoms with van der Waals surface area (Å²) < 4.78 is 39.7. The fourth-order valence-electron chi connectivity index (χ4n) is 3.45. The number of hydrogen-bond acceptors (Lipinski definition) is 4. The van der Waals surface area contributed by atoms with Crippen LogP contribution in [0.4, 0.5) is 13.2 Å². The molecule has 0 bridgehead atoms. The van der Waals surface area contributed by atoms with Gasteiger partial charge in [0.15, 0.2) is 5.69 Å². The van der Waals surface area contributed by atoms with E-state index in [0.29, 0.717) is 12.8 Å². The van der Waals surface area contributed by atoms with Crippen LogP contribution in [0.5, 0.6) is 0 Å². The summed E-state index contributed by atoms with van der Waals surface area (Å²) in [7, 11) is 0. The normalized spacial score (nSPS) is 25.2. The van der Waals surface area contributed by atoms with Crippen LogP contribution in [-0.4, -0.2) is 46.2 Å². The predicted molar refractivity (Wildman–Crippen MR) is 87.7 cm³/mol. The van der Waals surface area contributed by atoms with Crippen molar-refractivity contribution in [3.63, 3.8) is 0 Å². The molecule has 1 aliphatic heterocycles. The second-order valence-corrected chi connectivity index (χ2v) is 6.63. The van der Waals surface area contributed by atoms with Crippen LogP contribution in [0.1, 0.15) is 55.1 Å². The molecule has 6 nitrogen and oxygen atoms in total. The van der Waals surface area contributed by atoms with E-state index in [-0.39, 0.29) is 48.9 Å². The molecule has 1 aliphatic carbocycles. The second kappa shape index (κ2) is 8.35. The lowest BCUT2D eigenvalue weighted by Crippen LogP contribution is -2.40. The summed E-state index contributed by atoms with van der Waals surface area (Å²) in [4.78, 5) is 12.2. The van der Waals surface area contributed by atoms with Gasteiger partial charge in [0.25, 0.3) is 5.91 Å². The van der Waals surface area contributed by atoms with Crippen molar-refractivity contribution in [2.75, 3.05) is 13.1 Å². The lowest BCUT2D eigenvalue weighted by atomic mass is 9.85. The molecule has 2 N–H and O–H groups in total. The van der Waals surface area contributed by atoms with Crippen molar-refractivity contribution in [1.29, 1.82) is 0 Å². The smallest absolute Gasteiger partial charge is 0.348 e. The fraction of sp³-hybridized carbons (Fsp3) is 0.800. The van der Waals surface area contributed by atoms with E-state index >= 15 is 0 Å². The number of hydrogen-bond donors (Lipinski definition) is 2. The molecule has 2 aliphatic rings. The Bertz CT molecular complexity index is 566. The lowest BCUT2D eigenvalue weighted by molar-refractivity contribution is -0.182. The molecule has 2 fully saturated rings. The monoisotopic (exact) mass is 381 g/mol. The van der Waals surface area contributed by atoms with Crippen molar-refractivity contribution < 1.29 is 18.0 Å². The van der Waals surface area contributed by atoms with E-state index in [4.69, 9.17) is 0 Å². The minimum absolute atomic E-state index is 0. The molecule has 1 saturated heterocycles. The van der Waals surface area contributed by atoms with Crippen LogP contribution in [-0.2, 0) is 0 Å². The summed E-state index contributed by atoms with van der Waals surface area (Å²) in [5.41, 5.74) is 0.228. The summed E-state index contributed by atoms with van der Waals surface area (Å²) in [5.74, 6) is -1.60. The Morgan fingerprint density at radius 1 is 1.16 bits per heavy atom. The van der Waals surface area contributed by atoms with Gasteiger partial charge in [-0.1, -0.05) is 5.21 Å². The second-order valence-electron chi connectivity index (χ2n) is 6.63. The van der Waals surface area contributed by atoms with Crippen molar-refractivity contribution >= 4 is 18.3 Å². The number of piperidine rings is 1. The van der Waals surface area contributed by atoms with Gasteiger partial charge >= 0.3 is 6.18 Å². The fourth-order valence-corrected chi connectivity index (χ4v) is 3.45. The maximum Gasteiger partial charge on any atom is 0.391 e. The first-order valence-corrected chi connectivity index (χ1v) is 8.43. The molecule has 10 heteroatoms. The topological polar surface area (TPSA) is 71.8 Å². The number of amides is 1. The van der Waals surface area contributed by atoms with E-state index in [1.165, 1.54) is 0 Å². The standard InChI is InChI=1S/C15H22F3N5O.ClH/c16-15(17,18)10-1-3-11(4-2-10)20-14(24)13-9-23(22-21-13)12-5-7-19-8-6-12;/h9-12,19H,1-8H2,(H,20,24);1H. The summed E-state index contributed by atoms with van der Waals surface area (Å²) in [6.45, 7) is 1.82. The SMILES string of the molecule is Cl.O=C(NC1CCC(C(F)(F)F)CC1)c1cn(C2CCNCC2)nn1. The van der Waals surface area contributed by atoms with Crippen molar-refractivity contribution in [1.82, 2.24) is 25.6 Å². The van der Waals surface area contributed by atoms with Crippen LogP contribution in [0, 0.1) is 5.92 Å². The first-order chi connectivity index (χ1) is 11.4. The summed E-state index contributed by atoms with van der Waals surface area (Å²) in [5, 5.41) is 14.0. The number of carbonyl (C=O) groups is 1. The van der Waals surface area contributed by atoms with E-state index in [2.05, 4.69) is 20.9 Å². The van der Waals surface area contributed by atoms with Crippen molar-refractivity contribution in [3.05, 3.63) is 11.9 Å². The Morgan fingerprint density at radius 2 is 1.80 bits per heavy atom. The Morgan fingerprint density at radius 3 is 2.40 bits per heavy atom. The van der Waals surface area contributed by atoms with E-state index in [1.807, 2.05) is 0 Å². The van der Waals surface area contributed by atoms with Gasteiger partial charge in [0.1, 0.15) is 0 Å². The minimum Gasteiger partial charge on any atom is -0.348 e. The highest BCUT2D eigenvalue weighted by Crippen LogP contribution is 2.37. The van der Waals surface area contributed by atoms with E-state index in [9.17, 15) is 18.0 Å². The van der Waals surface area contributed by atoms with Crippen molar-refractivity contribution in [3.8, 4) is 0 Å². The Kier molecular flexibility index (Phi) is 6.67. The third-order valence-corrected chi connectivity index (χ3v) is 4.95. The van der Waals surface area contributed by atoms with Crippen molar-refractivity contribution in [2.45, 2.75) is 56.8 Å².